The molecule has 0 radical (unpaired) electrons. The molecule has 1 fully saturated rings. The van der Waals surface area contributed by atoms with Gasteiger partial charge in [-0.05, 0) is 24.7 Å². The maximum absolute atomic E-state index is 11.8. The van der Waals surface area contributed by atoms with Crippen molar-refractivity contribution >= 4 is 11.8 Å². The zero-order valence-electron chi connectivity index (χ0n) is 10.7. The molecule has 17 heavy (non-hydrogen) atoms. The molecule has 1 aliphatic heterocycles. The number of hydrogen-bond donors (Lipinski definition) is 3. The summed E-state index contributed by atoms with van der Waals surface area (Å²) in [4.78, 5) is 23.6. The van der Waals surface area contributed by atoms with Gasteiger partial charge in [0, 0.05) is 6.61 Å². The summed E-state index contributed by atoms with van der Waals surface area (Å²) < 4.78 is 0. The molecule has 0 aliphatic carbocycles. The zero-order valence-corrected chi connectivity index (χ0v) is 10.7. The minimum atomic E-state index is -0.516. The summed E-state index contributed by atoms with van der Waals surface area (Å²) in [5.74, 6) is 0.0469. The van der Waals surface area contributed by atoms with E-state index in [0.29, 0.717) is 18.8 Å². The van der Waals surface area contributed by atoms with Crippen LogP contribution in [0.5, 0.6) is 0 Å². The minimum Gasteiger partial charge on any atom is -0.396 e. The van der Waals surface area contributed by atoms with Crippen molar-refractivity contribution in [3.63, 3.8) is 0 Å². The highest BCUT2D eigenvalue weighted by Crippen LogP contribution is 2.14. The highest BCUT2D eigenvalue weighted by Gasteiger charge is 2.36. The lowest BCUT2D eigenvalue weighted by Gasteiger charge is -2.33. The summed E-state index contributed by atoms with van der Waals surface area (Å²) in [5, 5.41) is 14.3. The van der Waals surface area contributed by atoms with Crippen molar-refractivity contribution < 1.29 is 14.7 Å². The maximum Gasteiger partial charge on any atom is 0.243 e. The van der Waals surface area contributed by atoms with Crippen LogP contribution in [0.25, 0.3) is 0 Å². The smallest absolute Gasteiger partial charge is 0.243 e. The first-order valence-corrected chi connectivity index (χ1v) is 6.17. The van der Waals surface area contributed by atoms with Gasteiger partial charge in [-0.1, -0.05) is 20.8 Å². The van der Waals surface area contributed by atoms with E-state index in [4.69, 9.17) is 5.11 Å². The minimum absolute atomic E-state index is 0.0240. The quantitative estimate of drug-likeness (QED) is 0.636. The fraction of sp³-hybridized carbons (Fsp3) is 0.833. The molecule has 1 heterocycles. The van der Waals surface area contributed by atoms with Gasteiger partial charge >= 0.3 is 0 Å². The lowest BCUT2D eigenvalue weighted by Crippen LogP contribution is -2.63. The van der Waals surface area contributed by atoms with E-state index in [-0.39, 0.29) is 24.3 Å². The van der Waals surface area contributed by atoms with Crippen LogP contribution < -0.4 is 10.6 Å². The Hall–Kier alpha value is -1.10. The molecule has 3 atom stereocenters. The molecule has 0 aromatic heterocycles. The molecule has 5 heteroatoms. The largest absolute Gasteiger partial charge is 0.396 e. The Labute approximate surface area is 102 Å². The Morgan fingerprint density at radius 2 is 1.82 bits per heavy atom. The molecular weight excluding hydrogens is 220 g/mol. The van der Waals surface area contributed by atoms with Gasteiger partial charge < -0.3 is 15.7 Å². The molecule has 0 unspecified atom stereocenters. The van der Waals surface area contributed by atoms with E-state index >= 15 is 0 Å². The molecular formula is C12H22N2O3. The topological polar surface area (TPSA) is 78.4 Å². The van der Waals surface area contributed by atoms with Gasteiger partial charge in [0.05, 0.1) is 0 Å². The van der Waals surface area contributed by atoms with Crippen LogP contribution in [0.1, 0.15) is 33.6 Å². The molecule has 3 N–H and O–H groups in total. The van der Waals surface area contributed by atoms with Crippen LogP contribution in [0, 0.1) is 11.8 Å². The Morgan fingerprint density at radius 1 is 1.18 bits per heavy atom. The highest BCUT2D eigenvalue weighted by molar-refractivity contribution is 5.97. The number of aliphatic hydroxyl groups is 1. The monoisotopic (exact) mass is 242 g/mol. The predicted molar refractivity (Wildman–Crippen MR) is 64.2 cm³/mol. The number of carbonyl (C=O) groups excluding carboxylic acids is 2. The van der Waals surface area contributed by atoms with Gasteiger partial charge in [0.15, 0.2) is 0 Å². The summed E-state index contributed by atoms with van der Waals surface area (Å²) in [7, 11) is 0. The van der Waals surface area contributed by atoms with Gasteiger partial charge in [-0.2, -0.15) is 0 Å². The summed E-state index contributed by atoms with van der Waals surface area (Å²) in [6, 6.07) is -0.932. The number of nitrogens with one attached hydrogen (secondary N) is 2. The molecule has 0 spiro atoms. The van der Waals surface area contributed by atoms with E-state index < -0.39 is 12.1 Å². The number of aliphatic hydroxyl groups excluding tert-OH is 1. The molecule has 2 amide bonds. The number of piperazine rings is 1. The van der Waals surface area contributed by atoms with E-state index in [2.05, 4.69) is 10.6 Å². The second-order valence-electron chi connectivity index (χ2n) is 5.17. The fourth-order valence-corrected chi connectivity index (χ4v) is 2.05. The average molecular weight is 242 g/mol. The van der Waals surface area contributed by atoms with Crippen LogP contribution >= 0.6 is 0 Å². The second kappa shape index (κ2) is 6.00. The maximum atomic E-state index is 11.8. The number of rotatable bonds is 5. The first kappa shape index (κ1) is 14.0. The molecule has 1 saturated heterocycles. The Balaban J connectivity index is 2.61. The van der Waals surface area contributed by atoms with E-state index in [1.165, 1.54) is 0 Å². The third-order valence-electron chi connectivity index (χ3n) is 3.07. The van der Waals surface area contributed by atoms with Crippen molar-refractivity contribution in [2.45, 2.75) is 45.7 Å². The van der Waals surface area contributed by atoms with Gasteiger partial charge in [0.1, 0.15) is 12.1 Å². The van der Waals surface area contributed by atoms with Gasteiger partial charge in [-0.15, -0.1) is 0 Å². The number of amides is 2. The van der Waals surface area contributed by atoms with Crippen molar-refractivity contribution in [3.8, 4) is 0 Å². The Morgan fingerprint density at radius 3 is 2.35 bits per heavy atom. The molecule has 0 aromatic carbocycles. The van der Waals surface area contributed by atoms with Crippen molar-refractivity contribution in [2.75, 3.05) is 6.61 Å². The summed E-state index contributed by atoms with van der Waals surface area (Å²) in [5.41, 5.74) is 0. The van der Waals surface area contributed by atoms with Crippen molar-refractivity contribution in [2.24, 2.45) is 11.8 Å². The van der Waals surface area contributed by atoms with Crippen LogP contribution in [0.3, 0.4) is 0 Å². The van der Waals surface area contributed by atoms with E-state index in [1.807, 2.05) is 20.8 Å². The summed E-state index contributed by atoms with van der Waals surface area (Å²) in [6.07, 6.45) is 1.16. The van der Waals surface area contributed by atoms with Crippen LogP contribution in [0.4, 0.5) is 0 Å². The standard InChI is InChI=1S/C12H22N2O3/c1-7(2)6-9-11(16)14-10(12(17)13-9)8(3)4-5-15/h7-10,15H,4-6H2,1-3H3,(H,13,17)(H,14,16)/t8-,9-,10-/m0/s1. The third-order valence-corrected chi connectivity index (χ3v) is 3.07. The lowest BCUT2D eigenvalue weighted by atomic mass is 9.93. The van der Waals surface area contributed by atoms with Gasteiger partial charge in [0.2, 0.25) is 11.8 Å². The SMILES string of the molecule is CC(C)C[C@@H]1NC(=O)[C@H]([C@@H](C)CCO)NC1=O. The first-order valence-electron chi connectivity index (χ1n) is 6.17. The Bertz CT molecular complexity index is 291. The van der Waals surface area contributed by atoms with E-state index in [0.717, 1.165) is 0 Å². The van der Waals surface area contributed by atoms with Crippen LogP contribution in [0.2, 0.25) is 0 Å². The summed E-state index contributed by atoms with van der Waals surface area (Å²) in [6.45, 7) is 5.90. The lowest BCUT2D eigenvalue weighted by molar-refractivity contribution is -0.138. The Kier molecular flexibility index (Phi) is 4.93. The molecule has 0 aromatic rings. The molecule has 1 aliphatic rings. The molecule has 1 rings (SSSR count). The van der Waals surface area contributed by atoms with E-state index in [1.54, 1.807) is 0 Å². The predicted octanol–water partition coefficient (Wildman–Crippen LogP) is 0.0342. The van der Waals surface area contributed by atoms with Crippen molar-refractivity contribution in [3.05, 3.63) is 0 Å². The normalized spacial score (nSPS) is 26.6. The fourth-order valence-electron chi connectivity index (χ4n) is 2.05. The van der Waals surface area contributed by atoms with Crippen molar-refractivity contribution in [1.82, 2.24) is 10.6 Å². The highest BCUT2D eigenvalue weighted by atomic mass is 16.3. The average Bonchev–Trinajstić information content (AvgIpc) is 2.22. The van der Waals surface area contributed by atoms with Gasteiger partial charge in [-0.3, -0.25) is 9.59 Å². The first-order chi connectivity index (χ1) is 7.95. The molecule has 0 bridgehead atoms. The molecule has 98 valence electrons. The van der Waals surface area contributed by atoms with Gasteiger partial charge in [0.25, 0.3) is 0 Å². The summed E-state index contributed by atoms with van der Waals surface area (Å²) >= 11 is 0. The van der Waals surface area contributed by atoms with Gasteiger partial charge in [-0.25, -0.2) is 0 Å². The number of hydrogen-bond acceptors (Lipinski definition) is 3. The third kappa shape index (κ3) is 3.70. The van der Waals surface area contributed by atoms with Crippen molar-refractivity contribution in [1.29, 1.82) is 0 Å². The second-order valence-corrected chi connectivity index (χ2v) is 5.17. The van der Waals surface area contributed by atoms with Crippen LogP contribution in [-0.2, 0) is 9.59 Å². The molecule has 5 nitrogen and oxygen atoms in total. The zero-order chi connectivity index (χ0) is 13.0. The van der Waals surface area contributed by atoms with E-state index in [9.17, 15) is 9.59 Å². The number of carbonyl (C=O) groups is 2. The molecule has 0 saturated carbocycles. The van der Waals surface area contributed by atoms with Crippen LogP contribution in [-0.4, -0.2) is 35.6 Å². The van der Waals surface area contributed by atoms with Crippen LogP contribution in [0.15, 0.2) is 0 Å².